The van der Waals surface area contributed by atoms with E-state index in [-0.39, 0.29) is 5.56 Å². The van der Waals surface area contributed by atoms with Gasteiger partial charge < -0.3 is 10.4 Å². The van der Waals surface area contributed by atoms with Crippen molar-refractivity contribution in [3.05, 3.63) is 60.2 Å². The van der Waals surface area contributed by atoms with Gasteiger partial charge >= 0.3 is 5.97 Å². The highest BCUT2D eigenvalue weighted by Gasteiger charge is 2.14. The van der Waals surface area contributed by atoms with Crippen molar-refractivity contribution < 1.29 is 9.90 Å². The number of fused-ring (bicyclic) bond motifs is 2. The Morgan fingerprint density at radius 3 is 2.67 bits per heavy atom. The number of carboxylic acids is 1. The molecule has 4 aromatic rings. The Labute approximate surface area is 161 Å². The van der Waals surface area contributed by atoms with Crippen molar-refractivity contribution in [3.8, 4) is 10.6 Å². The van der Waals surface area contributed by atoms with Crippen molar-refractivity contribution >= 4 is 44.0 Å². The number of carbonyl (C=O) groups is 1. The van der Waals surface area contributed by atoms with Gasteiger partial charge in [0, 0.05) is 16.6 Å². The second-order valence-corrected chi connectivity index (χ2v) is 8.10. The summed E-state index contributed by atoms with van der Waals surface area (Å²) >= 11 is 1.72. The molecule has 0 spiro atoms. The van der Waals surface area contributed by atoms with Crippen LogP contribution in [0.15, 0.2) is 54.6 Å². The summed E-state index contributed by atoms with van der Waals surface area (Å²) in [5.41, 5.74) is 2.91. The molecule has 2 N–H and O–H groups in total. The molecular formula is C22H20N2O2S. The molecule has 27 heavy (non-hydrogen) atoms. The van der Waals surface area contributed by atoms with Crippen LogP contribution < -0.4 is 5.32 Å². The third-order valence-electron chi connectivity index (χ3n) is 4.42. The first-order chi connectivity index (χ1) is 13.0. The maximum absolute atomic E-state index is 11.3. The largest absolute Gasteiger partial charge is 0.478 e. The van der Waals surface area contributed by atoms with E-state index in [1.807, 2.05) is 18.2 Å². The smallest absolute Gasteiger partial charge is 0.335 e. The van der Waals surface area contributed by atoms with E-state index in [1.54, 1.807) is 29.5 Å². The molecule has 0 saturated heterocycles. The summed E-state index contributed by atoms with van der Waals surface area (Å²) in [6.45, 7) is 5.13. The fourth-order valence-electron chi connectivity index (χ4n) is 3.04. The summed E-state index contributed by atoms with van der Waals surface area (Å²) in [6.07, 6.45) is 0. The first kappa shape index (κ1) is 17.5. The quantitative estimate of drug-likeness (QED) is 0.456. The highest BCUT2D eigenvalue weighted by atomic mass is 32.1. The van der Waals surface area contributed by atoms with E-state index in [0.29, 0.717) is 5.92 Å². The van der Waals surface area contributed by atoms with Gasteiger partial charge in [-0.05, 0) is 47.7 Å². The third-order valence-corrected chi connectivity index (χ3v) is 5.54. The maximum Gasteiger partial charge on any atom is 0.335 e. The first-order valence-corrected chi connectivity index (χ1v) is 9.74. The Kier molecular flexibility index (Phi) is 4.54. The Bertz CT molecular complexity index is 1110. The van der Waals surface area contributed by atoms with Crippen LogP contribution in [0.5, 0.6) is 0 Å². The minimum atomic E-state index is -0.929. The monoisotopic (exact) mass is 376 g/mol. The van der Waals surface area contributed by atoms with E-state index in [0.717, 1.165) is 33.7 Å². The summed E-state index contributed by atoms with van der Waals surface area (Å²) in [4.78, 5) is 17.3. The van der Waals surface area contributed by atoms with Gasteiger partial charge in [0.2, 0.25) is 0 Å². The molecule has 0 bridgehead atoms. The molecule has 0 atom stereocenters. The summed E-state index contributed by atoms with van der Waals surface area (Å²) in [6, 6.07) is 17.5. The molecule has 4 rings (SSSR count). The average molecular weight is 376 g/mol. The molecule has 0 unspecified atom stereocenters. The zero-order valence-electron chi connectivity index (χ0n) is 15.2. The zero-order chi connectivity index (χ0) is 19.0. The fourth-order valence-corrected chi connectivity index (χ4v) is 4.11. The lowest BCUT2D eigenvalue weighted by Crippen LogP contribution is -2.09. The normalized spacial score (nSPS) is 11.4. The van der Waals surface area contributed by atoms with Crippen molar-refractivity contribution in [3.63, 3.8) is 0 Å². The Balaban J connectivity index is 1.89. The number of thiophene rings is 1. The van der Waals surface area contributed by atoms with Crippen LogP contribution in [0.4, 0.5) is 5.69 Å². The van der Waals surface area contributed by atoms with Gasteiger partial charge in [-0.3, -0.25) is 0 Å². The fraction of sp³-hybridized carbons (Fsp3) is 0.182. The van der Waals surface area contributed by atoms with Crippen LogP contribution in [-0.4, -0.2) is 22.6 Å². The first-order valence-electron chi connectivity index (χ1n) is 8.92. The lowest BCUT2D eigenvalue weighted by Gasteiger charge is -2.14. The molecule has 4 nitrogen and oxygen atoms in total. The van der Waals surface area contributed by atoms with Crippen LogP contribution in [0, 0.1) is 5.92 Å². The van der Waals surface area contributed by atoms with Crippen LogP contribution in [-0.2, 0) is 0 Å². The van der Waals surface area contributed by atoms with E-state index in [2.05, 4.69) is 37.4 Å². The maximum atomic E-state index is 11.3. The molecule has 0 aliphatic carbocycles. The molecular weight excluding hydrogens is 356 g/mol. The van der Waals surface area contributed by atoms with Crippen molar-refractivity contribution in [1.82, 2.24) is 4.98 Å². The number of anilines is 1. The van der Waals surface area contributed by atoms with Gasteiger partial charge in [0.1, 0.15) is 5.69 Å². The van der Waals surface area contributed by atoms with Gasteiger partial charge in [-0.2, -0.15) is 0 Å². The highest BCUT2D eigenvalue weighted by Crippen LogP contribution is 2.37. The van der Waals surface area contributed by atoms with E-state index < -0.39 is 5.97 Å². The van der Waals surface area contributed by atoms with Crippen molar-refractivity contribution in [2.75, 3.05) is 11.9 Å². The number of aromatic carboxylic acids is 1. The van der Waals surface area contributed by atoms with Crippen molar-refractivity contribution in [2.24, 2.45) is 5.92 Å². The van der Waals surface area contributed by atoms with Crippen LogP contribution in [0.3, 0.4) is 0 Å². The van der Waals surface area contributed by atoms with E-state index in [4.69, 9.17) is 4.98 Å². The molecule has 0 amide bonds. The van der Waals surface area contributed by atoms with Gasteiger partial charge in [-0.1, -0.05) is 32.0 Å². The molecule has 0 saturated carbocycles. The molecule has 0 aliphatic rings. The number of benzene rings is 2. The summed E-state index contributed by atoms with van der Waals surface area (Å²) in [5, 5.41) is 14.8. The molecule has 2 aromatic carbocycles. The minimum absolute atomic E-state index is 0.272. The highest BCUT2D eigenvalue weighted by molar-refractivity contribution is 7.22. The van der Waals surface area contributed by atoms with Gasteiger partial charge in [0.05, 0.1) is 21.6 Å². The summed E-state index contributed by atoms with van der Waals surface area (Å²) < 4.78 is 1.23. The number of aromatic nitrogens is 1. The molecule has 2 aromatic heterocycles. The minimum Gasteiger partial charge on any atom is -0.478 e. The predicted octanol–water partition coefficient (Wildman–Crippen LogP) is 5.88. The lowest BCUT2D eigenvalue weighted by atomic mass is 10.1. The summed E-state index contributed by atoms with van der Waals surface area (Å²) in [5.74, 6) is -0.441. The van der Waals surface area contributed by atoms with Gasteiger partial charge in [0.25, 0.3) is 0 Å². The predicted molar refractivity (Wildman–Crippen MR) is 113 cm³/mol. The van der Waals surface area contributed by atoms with Crippen LogP contribution in [0.25, 0.3) is 31.6 Å². The van der Waals surface area contributed by atoms with E-state index in [1.165, 1.54) is 10.1 Å². The zero-order valence-corrected chi connectivity index (χ0v) is 16.0. The van der Waals surface area contributed by atoms with E-state index in [9.17, 15) is 9.90 Å². The molecule has 0 radical (unpaired) electrons. The van der Waals surface area contributed by atoms with Crippen LogP contribution in [0.2, 0.25) is 0 Å². The average Bonchev–Trinajstić information content (AvgIpc) is 3.09. The topological polar surface area (TPSA) is 62.2 Å². The Morgan fingerprint density at radius 1 is 1.11 bits per heavy atom. The third kappa shape index (κ3) is 3.51. The Hall–Kier alpha value is -2.92. The molecule has 2 heterocycles. The number of nitrogens with zero attached hydrogens (tertiary/aromatic N) is 1. The molecule has 5 heteroatoms. The molecule has 0 aliphatic heterocycles. The van der Waals surface area contributed by atoms with Crippen LogP contribution >= 0.6 is 11.3 Å². The number of carboxylic acid groups (broad SMARTS) is 1. The summed E-state index contributed by atoms with van der Waals surface area (Å²) in [7, 11) is 0. The van der Waals surface area contributed by atoms with Crippen molar-refractivity contribution in [2.45, 2.75) is 13.8 Å². The number of pyridine rings is 1. The SMILES string of the molecule is CC(C)CNc1cc2cc(C(=O)O)ccc2nc1-c1cc2ccccc2s1. The van der Waals surface area contributed by atoms with Gasteiger partial charge in [-0.15, -0.1) is 11.3 Å². The number of nitrogens with one attached hydrogen (secondary N) is 1. The Morgan fingerprint density at radius 2 is 1.93 bits per heavy atom. The second-order valence-electron chi connectivity index (χ2n) is 7.02. The van der Waals surface area contributed by atoms with E-state index >= 15 is 0 Å². The van der Waals surface area contributed by atoms with Gasteiger partial charge in [-0.25, -0.2) is 9.78 Å². The second kappa shape index (κ2) is 7.00. The molecule has 0 fully saturated rings. The molecule has 136 valence electrons. The number of hydrogen-bond donors (Lipinski definition) is 2. The number of hydrogen-bond acceptors (Lipinski definition) is 4. The lowest BCUT2D eigenvalue weighted by molar-refractivity contribution is 0.0697. The van der Waals surface area contributed by atoms with Crippen molar-refractivity contribution in [1.29, 1.82) is 0 Å². The standard InChI is InChI=1S/C22H20N2O2S/c1-13(2)12-23-18-10-16-9-15(22(25)26)7-8-17(16)24-21(18)20-11-14-5-3-4-6-19(14)27-20/h3-11,13,23H,12H2,1-2H3,(H,25,26). The van der Waals surface area contributed by atoms with Gasteiger partial charge in [0.15, 0.2) is 0 Å². The number of rotatable bonds is 5. The van der Waals surface area contributed by atoms with Crippen LogP contribution in [0.1, 0.15) is 24.2 Å².